The van der Waals surface area contributed by atoms with Crippen molar-refractivity contribution in [2.45, 2.75) is 38.6 Å². The molecular formula is C22H31N3O2. The number of hydrogen-bond donors (Lipinski definition) is 0. The maximum atomic E-state index is 13.0. The van der Waals surface area contributed by atoms with Gasteiger partial charge in [0.2, 0.25) is 11.8 Å². The first kappa shape index (κ1) is 18.5. The van der Waals surface area contributed by atoms with Crippen LogP contribution < -0.4 is 0 Å². The minimum Gasteiger partial charge on any atom is -0.342 e. The van der Waals surface area contributed by atoms with Gasteiger partial charge in [-0.05, 0) is 37.7 Å². The lowest BCUT2D eigenvalue weighted by molar-refractivity contribution is -0.141. The van der Waals surface area contributed by atoms with Crippen LogP contribution in [-0.4, -0.2) is 65.8 Å². The van der Waals surface area contributed by atoms with Crippen molar-refractivity contribution >= 4 is 11.8 Å². The van der Waals surface area contributed by atoms with E-state index in [1.165, 1.54) is 5.56 Å². The summed E-state index contributed by atoms with van der Waals surface area (Å²) in [6.45, 7) is 6.18. The second-order valence-electron chi connectivity index (χ2n) is 8.31. The molecule has 0 atom stereocenters. The van der Waals surface area contributed by atoms with E-state index in [2.05, 4.69) is 40.1 Å². The molecule has 5 nitrogen and oxygen atoms in total. The first-order valence-corrected chi connectivity index (χ1v) is 10.5. The third-order valence-corrected chi connectivity index (χ3v) is 6.23. The van der Waals surface area contributed by atoms with Gasteiger partial charge >= 0.3 is 0 Å². The van der Waals surface area contributed by atoms with Crippen LogP contribution in [0.1, 0.15) is 37.7 Å². The molecule has 0 radical (unpaired) electrons. The van der Waals surface area contributed by atoms with Gasteiger partial charge in [0.25, 0.3) is 0 Å². The van der Waals surface area contributed by atoms with Crippen LogP contribution in [-0.2, 0) is 16.1 Å². The van der Waals surface area contributed by atoms with E-state index < -0.39 is 0 Å². The fraction of sp³-hybridized carbons (Fsp3) is 0.636. The number of amides is 2. The van der Waals surface area contributed by atoms with Crippen LogP contribution in [0.5, 0.6) is 0 Å². The molecule has 1 aromatic rings. The molecule has 1 aliphatic carbocycles. The Bertz CT molecular complexity index is 651. The molecule has 1 aromatic carbocycles. The van der Waals surface area contributed by atoms with Crippen molar-refractivity contribution in [1.82, 2.24) is 14.7 Å². The van der Waals surface area contributed by atoms with Crippen molar-refractivity contribution in [2.24, 2.45) is 11.8 Å². The van der Waals surface area contributed by atoms with E-state index >= 15 is 0 Å². The van der Waals surface area contributed by atoms with Crippen molar-refractivity contribution in [2.75, 3.05) is 39.3 Å². The van der Waals surface area contributed by atoms with Crippen molar-refractivity contribution in [3.8, 4) is 0 Å². The predicted octanol–water partition coefficient (Wildman–Crippen LogP) is 2.37. The van der Waals surface area contributed by atoms with Crippen molar-refractivity contribution in [3.05, 3.63) is 35.9 Å². The molecule has 2 saturated heterocycles. The molecule has 27 heavy (non-hydrogen) atoms. The molecule has 0 unspecified atom stereocenters. The van der Waals surface area contributed by atoms with Crippen molar-refractivity contribution in [1.29, 1.82) is 0 Å². The number of likely N-dealkylation sites (tertiary alicyclic amines) is 1. The van der Waals surface area contributed by atoms with Gasteiger partial charge in [0.15, 0.2) is 0 Å². The normalized spacial score (nSPS) is 22.5. The average molecular weight is 370 g/mol. The summed E-state index contributed by atoms with van der Waals surface area (Å²) in [7, 11) is 0. The van der Waals surface area contributed by atoms with E-state index in [-0.39, 0.29) is 5.92 Å². The molecule has 2 aliphatic heterocycles. The van der Waals surface area contributed by atoms with E-state index in [1.807, 2.05) is 4.90 Å². The van der Waals surface area contributed by atoms with Crippen molar-refractivity contribution in [3.63, 3.8) is 0 Å². The zero-order valence-electron chi connectivity index (χ0n) is 16.2. The summed E-state index contributed by atoms with van der Waals surface area (Å²) >= 11 is 0. The van der Waals surface area contributed by atoms with Gasteiger partial charge in [0.05, 0.1) is 0 Å². The number of hydrogen-bond acceptors (Lipinski definition) is 3. The Hall–Kier alpha value is -1.88. The highest BCUT2D eigenvalue weighted by Crippen LogP contribution is 2.32. The van der Waals surface area contributed by atoms with Gasteiger partial charge in [0, 0.05) is 57.6 Å². The highest BCUT2D eigenvalue weighted by atomic mass is 16.2. The van der Waals surface area contributed by atoms with E-state index in [9.17, 15) is 9.59 Å². The van der Waals surface area contributed by atoms with Crippen LogP contribution in [0, 0.1) is 11.8 Å². The Balaban J connectivity index is 1.25. The van der Waals surface area contributed by atoms with Gasteiger partial charge in [-0.25, -0.2) is 0 Å². The summed E-state index contributed by atoms with van der Waals surface area (Å²) in [6.07, 6.45) is 4.83. The van der Waals surface area contributed by atoms with Gasteiger partial charge in [-0.2, -0.15) is 0 Å². The van der Waals surface area contributed by atoms with E-state index in [1.54, 1.807) is 0 Å². The SMILES string of the molecule is O=C(C1CC1)N1CCC(C(=O)N2CCCN(Cc3ccccc3)CC2)CC1. The fourth-order valence-electron chi connectivity index (χ4n) is 4.38. The molecule has 0 bridgehead atoms. The molecule has 4 rings (SSSR count). The van der Waals surface area contributed by atoms with Gasteiger partial charge in [0.1, 0.15) is 0 Å². The molecule has 2 heterocycles. The molecule has 5 heteroatoms. The topological polar surface area (TPSA) is 43.9 Å². The van der Waals surface area contributed by atoms with Gasteiger partial charge in [-0.3, -0.25) is 14.5 Å². The summed E-state index contributed by atoms with van der Waals surface area (Å²) in [5.41, 5.74) is 1.34. The summed E-state index contributed by atoms with van der Waals surface area (Å²) in [6, 6.07) is 10.6. The Morgan fingerprint density at radius 2 is 1.37 bits per heavy atom. The van der Waals surface area contributed by atoms with Gasteiger partial charge in [-0.1, -0.05) is 30.3 Å². The second kappa shape index (κ2) is 8.42. The van der Waals surface area contributed by atoms with Gasteiger partial charge in [-0.15, -0.1) is 0 Å². The molecule has 2 amide bonds. The molecule has 0 aromatic heterocycles. The van der Waals surface area contributed by atoms with Crippen LogP contribution >= 0.6 is 0 Å². The molecule has 3 fully saturated rings. The number of piperidine rings is 1. The standard InChI is InChI=1S/C22H31N3O2/c26-21(19-7-8-19)25-13-9-20(10-14-25)22(27)24-12-4-11-23(15-16-24)17-18-5-2-1-3-6-18/h1-3,5-6,19-20H,4,7-17H2. The smallest absolute Gasteiger partial charge is 0.225 e. The minimum atomic E-state index is 0.105. The quantitative estimate of drug-likeness (QED) is 0.818. The van der Waals surface area contributed by atoms with E-state index in [4.69, 9.17) is 0 Å². The summed E-state index contributed by atoms with van der Waals surface area (Å²) in [5, 5.41) is 0. The molecule has 146 valence electrons. The Morgan fingerprint density at radius 3 is 2.04 bits per heavy atom. The van der Waals surface area contributed by atoms with Crippen LogP contribution in [0.4, 0.5) is 0 Å². The molecule has 3 aliphatic rings. The van der Waals surface area contributed by atoms with E-state index in [0.717, 1.165) is 77.9 Å². The van der Waals surface area contributed by atoms with Crippen LogP contribution in [0.2, 0.25) is 0 Å². The molecule has 0 spiro atoms. The number of carbonyl (C=O) groups excluding carboxylic acids is 2. The number of carbonyl (C=O) groups is 2. The van der Waals surface area contributed by atoms with Gasteiger partial charge < -0.3 is 9.80 Å². The maximum absolute atomic E-state index is 13.0. The Kier molecular flexibility index (Phi) is 5.77. The maximum Gasteiger partial charge on any atom is 0.225 e. The van der Waals surface area contributed by atoms with Crippen LogP contribution in [0.15, 0.2) is 30.3 Å². The van der Waals surface area contributed by atoms with Crippen molar-refractivity contribution < 1.29 is 9.59 Å². The average Bonchev–Trinajstić information content (AvgIpc) is 3.56. The summed E-state index contributed by atoms with van der Waals surface area (Å²) in [4.78, 5) is 31.7. The zero-order valence-corrected chi connectivity index (χ0v) is 16.2. The first-order valence-electron chi connectivity index (χ1n) is 10.5. The highest BCUT2D eigenvalue weighted by Gasteiger charge is 2.36. The molecule has 1 saturated carbocycles. The third-order valence-electron chi connectivity index (χ3n) is 6.23. The van der Waals surface area contributed by atoms with E-state index in [0.29, 0.717) is 17.7 Å². The zero-order chi connectivity index (χ0) is 18.6. The second-order valence-corrected chi connectivity index (χ2v) is 8.31. The predicted molar refractivity (Wildman–Crippen MR) is 105 cm³/mol. The Morgan fingerprint density at radius 1 is 0.741 bits per heavy atom. The largest absolute Gasteiger partial charge is 0.342 e. The lowest BCUT2D eigenvalue weighted by Crippen LogP contribution is -2.45. The molecular weight excluding hydrogens is 338 g/mol. The minimum absolute atomic E-state index is 0.105. The number of benzene rings is 1. The Labute approximate surface area is 162 Å². The first-order chi connectivity index (χ1) is 13.2. The number of nitrogens with zero attached hydrogens (tertiary/aromatic N) is 3. The summed E-state index contributed by atoms with van der Waals surface area (Å²) in [5.74, 6) is 1.04. The fourth-order valence-corrected chi connectivity index (χ4v) is 4.38. The number of rotatable bonds is 4. The third kappa shape index (κ3) is 4.70. The lowest BCUT2D eigenvalue weighted by atomic mass is 9.95. The monoisotopic (exact) mass is 369 g/mol. The highest BCUT2D eigenvalue weighted by molar-refractivity contribution is 5.82. The lowest BCUT2D eigenvalue weighted by Gasteiger charge is -2.34. The van der Waals surface area contributed by atoms with Crippen LogP contribution in [0.3, 0.4) is 0 Å². The van der Waals surface area contributed by atoms with Crippen LogP contribution in [0.25, 0.3) is 0 Å². The molecule has 0 N–H and O–H groups in total. The summed E-state index contributed by atoms with van der Waals surface area (Å²) < 4.78 is 0.